The molecule has 1 aliphatic carbocycles. The number of pyridine rings is 1. The Morgan fingerprint density at radius 1 is 1.21 bits per heavy atom. The van der Waals surface area contributed by atoms with E-state index in [2.05, 4.69) is 18.8 Å². The Hall–Kier alpha value is -2.56. The Labute approximate surface area is 200 Å². The molecular weight excluding hydrogens is 465 g/mol. The number of nitrogens with zero attached hydrogens (tertiary/aromatic N) is 6. The highest BCUT2D eigenvalue weighted by Gasteiger charge is 2.44. The van der Waals surface area contributed by atoms with Crippen molar-refractivity contribution in [2.24, 2.45) is 10.9 Å². The van der Waals surface area contributed by atoms with E-state index in [1.807, 2.05) is 4.90 Å². The second-order valence-corrected chi connectivity index (χ2v) is 10.7. The number of hydrogen-bond acceptors (Lipinski definition) is 6. The molecule has 0 radical (unpaired) electrons. The summed E-state index contributed by atoms with van der Waals surface area (Å²) in [7, 11) is 1.74. The molecule has 4 heterocycles. The third-order valence-corrected chi connectivity index (χ3v) is 8.09. The summed E-state index contributed by atoms with van der Waals surface area (Å²) in [6.45, 7) is 5.09. The number of amides is 1. The number of carbonyl (C=O) groups is 1. The fourth-order valence-corrected chi connectivity index (χ4v) is 6.06. The molecule has 0 aromatic carbocycles. The number of hydrogen-bond donors (Lipinski definition) is 0. The zero-order valence-electron chi connectivity index (χ0n) is 19.3. The number of aliphatic imine (C=N–C) groups is 1. The van der Waals surface area contributed by atoms with Gasteiger partial charge in [-0.1, -0.05) is 32.8 Å². The van der Waals surface area contributed by atoms with Gasteiger partial charge in [0.25, 0.3) is 5.91 Å². The number of alkyl halides is 3. The van der Waals surface area contributed by atoms with E-state index in [4.69, 9.17) is 10.1 Å². The molecule has 2 aliphatic heterocycles. The van der Waals surface area contributed by atoms with Gasteiger partial charge in [0.2, 0.25) is 5.96 Å². The van der Waals surface area contributed by atoms with Crippen molar-refractivity contribution in [3.8, 4) is 0 Å². The van der Waals surface area contributed by atoms with Gasteiger partial charge in [-0.05, 0) is 30.4 Å². The zero-order chi connectivity index (χ0) is 24.2. The molecule has 0 bridgehead atoms. The first-order chi connectivity index (χ1) is 16.1. The first-order valence-corrected chi connectivity index (χ1v) is 12.4. The number of fused-ring (bicyclic) bond motifs is 3. The fraction of sp³-hybridized carbons (Fsp3) is 0.565. The fourth-order valence-electron chi connectivity index (χ4n) is 4.65. The molecule has 1 saturated carbocycles. The molecule has 1 amide bonds. The Bertz CT molecular complexity index is 1120. The third kappa shape index (κ3) is 4.08. The molecule has 11 heteroatoms. The minimum Gasteiger partial charge on any atom is -0.292 e. The van der Waals surface area contributed by atoms with Crippen molar-refractivity contribution in [2.75, 3.05) is 18.5 Å². The van der Waals surface area contributed by atoms with Crippen molar-refractivity contribution < 1.29 is 18.0 Å². The van der Waals surface area contributed by atoms with Crippen molar-refractivity contribution in [1.82, 2.24) is 19.7 Å². The summed E-state index contributed by atoms with van der Waals surface area (Å²) in [5, 5.41) is 5.98. The van der Waals surface area contributed by atoms with Gasteiger partial charge in [-0.3, -0.25) is 24.3 Å². The Kier molecular flexibility index (Phi) is 5.86. The van der Waals surface area contributed by atoms with Gasteiger partial charge in [0.05, 0.1) is 19.1 Å². The topological polar surface area (TPSA) is 66.6 Å². The van der Waals surface area contributed by atoms with E-state index in [1.165, 1.54) is 12.3 Å². The van der Waals surface area contributed by atoms with Crippen LogP contribution in [-0.4, -0.2) is 56.4 Å². The van der Waals surface area contributed by atoms with E-state index < -0.39 is 11.9 Å². The smallest absolute Gasteiger partial charge is 0.292 e. The third-order valence-electron chi connectivity index (χ3n) is 6.65. The van der Waals surface area contributed by atoms with Gasteiger partial charge >= 0.3 is 6.18 Å². The van der Waals surface area contributed by atoms with Crippen LogP contribution in [0.3, 0.4) is 0 Å². The van der Waals surface area contributed by atoms with Gasteiger partial charge in [0, 0.05) is 18.5 Å². The highest BCUT2D eigenvalue weighted by Crippen LogP contribution is 2.42. The zero-order valence-corrected chi connectivity index (χ0v) is 20.2. The van der Waals surface area contributed by atoms with E-state index in [1.54, 1.807) is 28.4 Å². The normalized spacial score (nSPS) is 20.9. The van der Waals surface area contributed by atoms with E-state index in [-0.39, 0.29) is 18.5 Å². The van der Waals surface area contributed by atoms with Crippen LogP contribution < -0.4 is 4.90 Å². The number of thioether (sulfide) groups is 1. The minimum atomic E-state index is -4.48. The molecule has 34 heavy (non-hydrogen) atoms. The van der Waals surface area contributed by atoms with Crippen molar-refractivity contribution >= 4 is 29.4 Å². The number of guanidine groups is 1. The van der Waals surface area contributed by atoms with Crippen LogP contribution in [0, 0.1) is 5.92 Å². The Morgan fingerprint density at radius 2 is 1.94 bits per heavy atom. The Balaban J connectivity index is 1.54. The highest BCUT2D eigenvalue weighted by atomic mass is 32.2. The van der Waals surface area contributed by atoms with E-state index >= 15 is 0 Å². The molecule has 7 nitrogen and oxygen atoms in total. The standard InChI is InChI=1S/C23H27F3N6OS/c1-13(2)16-12-31-19-18(20(33)30(3)22(31)28-16)21(34-15-6-4-5-7-15)32(29-19)11-14-8-9-17(27-10-14)23(24,25)26/h8-10,13,15-16H,4-7,11-12H2,1-3H3/t16-/m0/s1. The van der Waals surface area contributed by atoms with Crippen LogP contribution in [0.5, 0.6) is 0 Å². The molecular formula is C23H27F3N6OS. The monoisotopic (exact) mass is 492 g/mol. The number of anilines is 1. The average Bonchev–Trinajstić information content (AvgIpc) is 3.52. The van der Waals surface area contributed by atoms with Gasteiger partial charge in [-0.2, -0.15) is 18.3 Å². The summed E-state index contributed by atoms with van der Waals surface area (Å²) in [4.78, 5) is 25.4. The predicted molar refractivity (Wildman–Crippen MR) is 124 cm³/mol. The minimum absolute atomic E-state index is 0.0615. The molecule has 1 atom stereocenters. The first-order valence-electron chi connectivity index (χ1n) is 11.6. The van der Waals surface area contributed by atoms with Crippen LogP contribution in [0.2, 0.25) is 0 Å². The van der Waals surface area contributed by atoms with Crippen LogP contribution in [-0.2, 0) is 12.7 Å². The highest BCUT2D eigenvalue weighted by molar-refractivity contribution is 8.00. The lowest BCUT2D eigenvalue weighted by molar-refractivity contribution is -0.141. The second kappa shape index (κ2) is 8.58. The second-order valence-electron chi connectivity index (χ2n) is 9.45. The van der Waals surface area contributed by atoms with Crippen LogP contribution in [0.4, 0.5) is 19.0 Å². The molecule has 0 N–H and O–H groups in total. The van der Waals surface area contributed by atoms with Crippen LogP contribution in [0.1, 0.15) is 61.1 Å². The molecule has 0 spiro atoms. The SMILES string of the molecule is CC(C)[C@@H]1CN2C(=N1)N(C)C(=O)c1c2nn(Cc2ccc(C(F)(F)F)nc2)c1SC1CCCC1. The maximum absolute atomic E-state index is 13.5. The van der Waals surface area contributed by atoms with Crippen LogP contribution in [0.15, 0.2) is 28.3 Å². The van der Waals surface area contributed by atoms with Gasteiger partial charge in [0.1, 0.15) is 16.3 Å². The van der Waals surface area contributed by atoms with Crippen LogP contribution >= 0.6 is 11.8 Å². The number of carbonyl (C=O) groups excluding carboxylic acids is 1. The Morgan fingerprint density at radius 3 is 2.56 bits per heavy atom. The summed E-state index contributed by atoms with van der Waals surface area (Å²) in [6.07, 6.45) is 1.21. The van der Waals surface area contributed by atoms with Crippen molar-refractivity contribution in [3.05, 3.63) is 35.2 Å². The first kappa shape index (κ1) is 23.2. The van der Waals surface area contributed by atoms with Crippen molar-refractivity contribution in [2.45, 2.75) is 68.6 Å². The molecule has 182 valence electrons. The quantitative estimate of drug-likeness (QED) is 0.607. The van der Waals surface area contributed by atoms with E-state index in [9.17, 15) is 18.0 Å². The van der Waals surface area contributed by atoms with Crippen LogP contribution in [0.25, 0.3) is 0 Å². The van der Waals surface area contributed by atoms with Crippen molar-refractivity contribution in [3.63, 3.8) is 0 Å². The molecule has 0 saturated heterocycles. The van der Waals surface area contributed by atoms with Crippen molar-refractivity contribution in [1.29, 1.82) is 0 Å². The summed E-state index contributed by atoms with van der Waals surface area (Å²) in [6, 6.07) is 2.47. The maximum atomic E-state index is 13.5. The summed E-state index contributed by atoms with van der Waals surface area (Å²) in [5.41, 5.74) is 0.228. The molecule has 3 aliphatic rings. The van der Waals surface area contributed by atoms with Gasteiger partial charge in [0.15, 0.2) is 5.82 Å². The molecule has 0 unspecified atom stereocenters. The van der Waals surface area contributed by atoms with Gasteiger partial charge < -0.3 is 0 Å². The summed E-state index contributed by atoms with van der Waals surface area (Å²) < 4.78 is 40.6. The lowest BCUT2D eigenvalue weighted by Gasteiger charge is -2.30. The van der Waals surface area contributed by atoms with E-state index in [0.29, 0.717) is 40.6 Å². The average molecular weight is 493 g/mol. The van der Waals surface area contributed by atoms with Gasteiger partial charge in [-0.25, -0.2) is 4.99 Å². The summed E-state index contributed by atoms with van der Waals surface area (Å²) >= 11 is 1.66. The predicted octanol–water partition coefficient (Wildman–Crippen LogP) is 4.67. The number of rotatable bonds is 5. The van der Waals surface area contributed by atoms with E-state index in [0.717, 1.165) is 36.8 Å². The molecule has 2 aromatic rings. The molecule has 5 rings (SSSR count). The lowest BCUT2D eigenvalue weighted by atomic mass is 10.1. The number of aromatic nitrogens is 3. The number of halogens is 3. The maximum Gasteiger partial charge on any atom is 0.433 e. The van der Waals surface area contributed by atoms with Gasteiger partial charge in [-0.15, -0.1) is 11.8 Å². The molecule has 2 aromatic heterocycles. The molecule has 1 fully saturated rings. The lowest BCUT2D eigenvalue weighted by Crippen LogP contribution is -2.48. The largest absolute Gasteiger partial charge is 0.433 e. The summed E-state index contributed by atoms with van der Waals surface area (Å²) in [5.74, 6) is 1.37.